The second kappa shape index (κ2) is 9.35. The van der Waals surface area contributed by atoms with Crippen LogP contribution in [-0.2, 0) is 11.3 Å². The Morgan fingerprint density at radius 3 is 2.81 bits per heavy atom. The van der Waals surface area contributed by atoms with Crippen molar-refractivity contribution in [1.82, 2.24) is 14.9 Å². The van der Waals surface area contributed by atoms with E-state index < -0.39 is 0 Å². The highest BCUT2D eigenvalue weighted by Gasteiger charge is 2.19. The van der Waals surface area contributed by atoms with Crippen molar-refractivity contribution in [2.45, 2.75) is 6.54 Å². The Balaban J connectivity index is 1.54. The molecule has 1 saturated heterocycles. The minimum atomic E-state index is 0.439. The molecule has 1 aliphatic rings. The van der Waals surface area contributed by atoms with Gasteiger partial charge in [0.25, 0.3) is 0 Å². The summed E-state index contributed by atoms with van der Waals surface area (Å²) in [6.45, 7) is 4.86. The molecule has 0 aliphatic carbocycles. The SMILES string of the molecule is COCCOc1ncccc1CN=C(N)N1CCN(c2nccs2)CC1. The van der Waals surface area contributed by atoms with Crippen molar-refractivity contribution in [1.29, 1.82) is 0 Å². The largest absolute Gasteiger partial charge is 0.475 e. The number of hydrogen-bond donors (Lipinski definition) is 1. The van der Waals surface area contributed by atoms with Crippen LogP contribution in [0.2, 0.25) is 0 Å². The van der Waals surface area contributed by atoms with Crippen molar-refractivity contribution in [2.24, 2.45) is 10.7 Å². The number of thiazole rings is 1. The predicted octanol–water partition coefficient (Wildman–Crippen LogP) is 1.20. The van der Waals surface area contributed by atoms with E-state index in [9.17, 15) is 0 Å². The van der Waals surface area contributed by atoms with Gasteiger partial charge in [-0.05, 0) is 6.07 Å². The van der Waals surface area contributed by atoms with Gasteiger partial charge < -0.3 is 25.0 Å². The summed E-state index contributed by atoms with van der Waals surface area (Å²) in [6, 6.07) is 3.82. The summed E-state index contributed by atoms with van der Waals surface area (Å²) in [6.07, 6.45) is 3.54. The molecular weight excluding hydrogens is 352 g/mol. The van der Waals surface area contributed by atoms with Crippen molar-refractivity contribution in [3.63, 3.8) is 0 Å². The lowest BCUT2D eigenvalue weighted by Crippen LogP contribution is -2.51. The fourth-order valence-corrected chi connectivity index (χ4v) is 3.36. The van der Waals surface area contributed by atoms with Crippen molar-refractivity contribution in [3.8, 4) is 5.88 Å². The van der Waals surface area contributed by atoms with Crippen molar-refractivity contribution >= 4 is 22.4 Å². The molecule has 2 aromatic heterocycles. The van der Waals surface area contributed by atoms with Crippen LogP contribution < -0.4 is 15.4 Å². The molecule has 0 aromatic carbocycles. The molecule has 2 N–H and O–H groups in total. The van der Waals surface area contributed by atoms with Crippen molar-refractivity contribution < 1.29 is 9.47 Å². The minimum absolute atomic E-state index is 0.439. The summed E-state index contributed by atoms with van der Waals surface area (Å²) in [5.41, 5.74) is 7.11. The number of pyridine rings is 1. The first-order valence-electron chi connectivity index (χ1n) is 8.53. The topological polar surface area (TPSA) is 89.1 Å². The van der Waals surface area contributed by atoms with Gasteiger partial charge in [0.2, 0.25) is 5.88 Å². The van der Waals surface area contributed by atoms with E-state index >= 15 is 0 Å². The van der Waals surface area contributed by atoms with Crippen LogP contribution in [0.3, 0.4) is 0 Å². The van der Waals surface area contributed by atoms with Crippen LogP contribution in [0.4, 0.5) is 5.13 Å². The highest BCUT2D eigenvalue weighted by molar-refractivity contribution is 7.13. The molecule has 1 aliphatic heterocycles. The molecule has 0 atom stereocenters. The Morgan fingerprint density at radius 2 is 2.08 bits per heavy atom. The van der Waals surface area contributed by atoms with Gasteiger partial charge in [-0.1, -0.05) is 6.07 Å². The van der Waals surface area contributed by atoms with E-state index in [-0.39, 0.29) is 0 Å². The number of aliphatic imine (C=N–C) groups is 1. The van der Waals surface area contributed by atoms with Crippen molar-refractivity contribution in [2.75, 3.05) is 51.4 Å². The third-order valence-electron chi connectivity index (χ3n) is 4.08. The molecule has 9 heteroatoms. The maximum absolute atomic E-state index is 6.20. The zero-order chi connectivity index (χ0) is 18.2. The van der Waals surface area contributed by atoms with Gasteiger partial charge in [0.15, 0.2) is 11.1 Å². The van der Waals surface area contributed by atoms with Gasteiger partial charge >= 0.3 is 0 Å². The molecule has 0 saturated carbocycles. The Morgan fingerprint density at radius 1 is 1.23 bits per heavy atom. The zero-order valence-corrected chi connectivity index (χ0v) is 15.7. The fraction of sp³-hybridized carbons (Fsp3) is 0.471. The average Bonchev–Trinajstić information content (AvgIpc) is 3.22. The fourth-order valence-electron chi connectivity index (χ4n) is 2.66. The smallest absolute Gasteiger partial charge is 0.218 e. The normalized spacial score (nSPS) is 15.3. The Hall–Kier alpha value is -2.39. The first-order chi connectivity index (χ1) is 12.8. The summed E-state index contributed by atoms with van der Waals surface area (Å²) in [5, 5.41) is 3.06. The Bertz CT molecular complexity index is 701. The number of guanidine groups is 1. The van der Waals surface area contributed by atoms with E-state index in [4.69, 9.17) is 15.2 Å². The zero-order valence-electron chi connectivity index (χ0n) is 14.9. The lowest BCUT2D eigenvalue weighted by molar-refractivity contribution is 0.143. The van der Waals surface area contributed by atoms with E-state index in [2.05, 4.69) is 24.8 Å². The van der Waals surface area contributed by atoms with Crippen LogP contribution in [0.5, 0.6) is 5.88 Å². The van der Waals surface area contributed by atoms with Gasteiger partial charge in [-0.2, -0.15) is 0 Å². The van der Waals surface area contributed by atoms with E-state index in [0.717, 1.165) is 36.9 Å². The monoisotopic (exact) mass is 376 g/mol. The average molecular weight is 376 g/mol. The Kier molecular flexibility index (Phi) is 6.62. The molecule has 26 heavy (non-hydrogen) atoms. The third kappa shape index (κ3) is 4.83. The summed E-state index contributed by atoms with van der Waals surface area (Å²) in [4.78, 5) is 17.5. The molecule has 1 fully saturated rings. The molecule has 0 amide bonds. The van der Waals surface area contributed by atoms with Crippen LogP contribution in [-0.4, -0.2) is 67.3 Å². The van der Waals surface area contributed by atoms with Crippen LogP contribution in [0.1, 0.15) is 5.56 Å². The number of hydrogen-bond acceptors (Lipinski definition) is 7. The first-order valence-corrected chi connectivity index (χ1v) is 9.41. The van der Waals surface area contributed by atoms with Crippen LogP contribution in [0, 0.1) is 0 Å². The maximum atomic E-state index is 6.20. The number of nitrogens with two attached hydrogens (primary N) is 1. The lowest BCUT2D eigenvalue weighted by atomic mass is 10.3. The van der Waals surface area contributed by atoms with E-state index in [0.29, 0.717) is 31.6 Å². The summed E-state index contributed by atoms with van der Waals surface area (Å²) < 4.78 is 10.6. The molecule has 0 bridgehead atoms. The number of methoxy groups -OCH3 is 1. The van der Waals surface area contributed by atoms with Gasteiger partial charge in [0.1, 0.15) is 6.61 Å². The van der Waals surface area contributed by atoms with Crippen LogP contribution in [0.25, 0.3) is 0 Å². The van der Waals surface area contributed by atoms with Gasteiger partial charge in [0, 0.05) is 56.6 Å². The number of aromatic nitrogens is 2. The van der Waals surface area contributed by atoms with Gasteiger partial charge in [-0.25, -0.2) is 15.0 Å². The maximum Gasteiger partial charge on any atom is 0.218 e. The second-order valence-electron chi connectivity index (χ2n) is 5.77. The van der Waals surface area contributed by atoms with Gasteiger partial charge in [0.05, 0.1) is 13.2 Å². The second-order valence-corrected chi connectivity index (χ2v) is 6.65. The number of anilines is 1. The number of nitrogens with zero attached hydrogens (tertiary/aromatic N) is 5. The van der Waals surface area contributed by atoms with Crippen LogP contribution in [0.15, 0.2) is 34.9 Å². The molecule has 0 spiro atoms. The number of rotatable bonds is 7. The highest BCUT2D eigenvalue weighted by atomic mass is 32.1. The molecule has 3 heterocycles. The molecule has 3 rings (SSSR count). The first kappa shape index (κ1) is 18.4. The molecule has 2 aromatic rings. The van der Waals surface area contributed by atoms with Crippen LogP contribution >= 0.6 is 11.3 Å². The number of piperazine rings is 1. The van der Waals surface area contributed by atoms with Crippen molar-refractivity contribution in [3.05, 3.63) is 35.5 Å². The molecule has 140 valence electrons. The summed E-state index contributed by atoms with van der Waals surface area (Å²) in [5.74, 6) is 1.13. The quantitative estimate of drug-likeness (QED) is 0.441. The van der Waals surface area contributed by atoms with E-state index in [1.807, 2.05) is 23.7 Å². The third-order valence-corrected chi connectivity index (χ3v) is 4.91. The lowest BCUT2D eigenvalue weighted by Gasteiger charge is -2.35. The molecule has 0 unspecified atom stereocenters. The molecule has 8 nitrogen and oxygen atoms in total. The number of ether oxygens (including phenoxy) is 2. The summed E-state index contributed by atoms with van der Waals surface area (Å²) in [7, 11) is 1.64. The Labute approximate surface area is 157 Å². The highest BCUT2D eigenvalue weighted by Crippen LogP contribution is 2.19. The predicted molar refractivity (Wildman–Crippen MR) is 103 cm³/mol. The molecular formula is C17H24N6O2S. The minimum Gasteiger partial charge on any atom is -0.475 e. The van der Waals surface area contributed by atoms with E-state index in [1.54, 1.807) is 24.6 Å². The van der Waals surface area contributed by atoms with Gasteiger partial charge in [-0.3, -0.25) is 0 Å². The summed E-state index contributed by atoms with van der Waals surface area (Å²) >= 11 is 1.66. The standard InChI is InChI=1S/C17H24N6O2S/c1-24-10-11-25-15-14(3-2-4-19-15)13-21-16(18)22-6-8-23(9-7-22)17-20-5-12-26-17/h2-5,12H,6-11,13H2,1H3,(H2,18,21). The molecule has 0 radical (unpaired) electrons. The van der Waals surface area contributed by atoms with Gasteiger partial charge in [-0.15, -0.1) is 11.3 Å². The van der Waals surface area contributed by atoms with E-state index in [1.165, 1.54) is 0 Å².